The number of carboxylic acids is 1. The van der Waals surface area contributed by atoms with Crippen molar-refractivity contribution in [1.29, 1.82) is 0 Å². The predicted octanol–water partition coefficient (Wildman–Crippen LogP) is -0.894. The molecule has 0 heterocycles. The lowest BCUT2D eigenvalue weighted by Gasteiger charge is -2.18. The number of nitrogens with one attached hydrogen (secondary N) is 2. The van der Waals surface area contributed by atoms with Crippen LogP contribution < -0.4 is 16.4 Å². The van der Waals surface area contributed by atoms with Crippen LogP contribution in [0.4, 0.5) is 0 Å². The van der Waals surface area contributed by atoms with Crippen LogP contribution in [0.1, 0.15) is 20.3 Å². The number of hydrogen-bond acceptors (Lipinski definition) is 4. The molecule has 8 heteroatoms. The van der Waals surface area contributed by atoms with E-state index in [2.05, 4.69) is 10.6 Å². The van der Waals surface area contributed by atoms with Gasteiger partial charge in [0.25, 0.3) is 0 Å². The Labute approximate surface area is 114 Å². The third-order valence-corrected chi connectivity index (χ3v) is 3.31. The highest BCUT2D eigenvalue weighted by Crippen LogP contribution is 2.05. The summed E-state index contributed by atoms with van der Waals surface area (Å²) in [5.74, 6) is -2.08. The van der Waals surface area contributed by atoms with Gasteiger partial charge >= 0.3 is 5.97 Å². The van der Waals surface area contributed by atoms with Gasteiger partial charge in [0, 0.05) is 0 Å². The second-order valence-electron chi connectivity index (χ2n) is 4.30. The first-order valence-electron chi connectivity index (χ1n) is 6.03. The Kier molecular flexibility index (Phi) is 8.27. The molecule has 4 atom stereocenters. The molecule has 7 nitrogen and oxygen atoms in total. The minimum Gasteiger partial charge on any atom is -0.480 e. The van der Waals surface area contributed by atoms with E-state index in [-0.39, 0.29) is 0 Å². The second-order valence-corrected chi connectivity index (χ2v) is 5.50. The number of carbonyl (C=O) groups excluding carboxylic acids is 2. The number of nitrogens with two attached hydrogens (primary N) is 1. The van der Waals surface area contributed by atoms with Crippen LogP contribution in [0.15, 0.2) is 0 Å². The summed E-state index contributed by atoms with van der Waals surface area (Å²) in [6.45, 7) is 4.85. The molecule has 19 heavy (non-hydrogen) atoms. The first kappa shape index (κ1) is 17.8. The number of hydrogen-bond donors (Lipinski definition) is 4. The second kappa shape index (κ2) is 8.82. The number of amides is 2. The predicted molar refractivity (Wildman–Crippen MR) is 74.5 cm³/mol. The van der Waals surface area contributed by atoms with Crippen molar-refractivity contribution in [3.63, 3.8) is 0 Å². The number of aliphatic carboxylic acids is 1. The van der Waals surface area contributed by atoms with Crippen molar-refractivity contribution in [3.8, 4) is 0 Å². The smallest absolute Gasteiger partial charge is 0.325 e. The first-order valence-corrected chi connectivity index (χ1v) is 7.74. The molecule has 0 aromatic rings. The quantitative estimate of drug-likeness (QED) is 0.432. The molecule has 0 saturated carbocycles. The van der Waals surface area contributed by atoms with Crippen molar-refractivity contribution in [3.05, 3.63) is 0 Å². The molecule has 0 bridgehead atoms. The molecule has 0 rings (SSSR count). The van der Waals surface area contributed by atoms with Crippen LogP contribution in [0.25, 0.3) is 0 Å². The Morgan fingerprint density at radius 3 is 2.16 bits per heavy atom. The Bertz CT molecular complexity index is 338. The summed E-state index contributed by atoms with van der Waals surface area (Å²) < 4.78 is 0. The molecule has 4 unspecified atom stereocenters. The Balaban J connectivity index is 4.21. The molecule has 0 fully saturated rings. The van der Waals surface area contributed by atoms with E-state index >= 15 is 0 Å². The zero-order chi connectivity index (χ0) is 15.0. The summed E-state index contributed by atoms with van der Waals surface area (Å²) in [7, 11) is 0.724. The van der Waals surface area contributed by atoms with Gasteiger partial charge in [-0.3, -0.25) is 14.4 Å². The van der Waals surface area contributed by atoms with E-state index in [0.29, 0.717) is 6.42 Å². The van der Waals surface area contributed by atoms with Gasteiger partial charge in [-0.15, -0.1) is 8.58 Å². The van der Waals surface area contributed by atoms with E-state index in [0.717, 1.165) is 14.7 Å². The van der Waals surface area contributed by atoms with E-state index in [1.165, 1.54) is 13.8 Å². The summed E-state index contributed by atoms with van der Waals surface area (Å²) in [4.78, 5) is 33.8. The highest BCUT2D eigenvalue weighted by atomic mass is 31.1. The van der Waals surface area contributed by atoms with Gasteiger partial charge < -0.3 is 21.5 Å². The summed E-state index contributed by atoms with van der Waals surface area (Å²) >= 11 is 0. The zero-order valence-electron chi connectivity index (χ0n) is 11.4. The molecule has 0 aliphatic rings. The molecule has 5 N–H and O–H groups in total. The van der Waals surface area contributed by atoms with E-state index in [9.17, 15) is 14.4 Å². The highest BCUT2D eigenvalue weighted by Gasteiger charge is 2.22. The van der Waals surface area contributed by atoms with Crippen molar-refractivity contribution in [1.82, 2.24) is 10.6 Å². The van der Waals surface area contributed by atoms with Crippen molar-refractivity contribution >= 4 is 26.4 Å². The zero-order valence-corrected chi connectivity index (χ0v) is 12.4. The SMILES string of the molecule is CPCCC(N)C(=O)NC(C)C(=O)NC(C)C(=O)O. The topological polar surface area (TPSA) is 122 Å². The fourth-order valence-corrected chi connectivity index (χ4v) is 1.82. The van der Waals surface area contributed by atoms with Crippen LogP contribution in [0.3, 0.4) is 0 Å². The van der Waals surface area contributed by atoms with Gasteiger partial charge in [-0.05, 0) is 33.1 Å². The van der Waals surface area contributed by atoms with E-state index in [4.69, 9.17) is 10.8 Å². The van der Waals surface area contributed by atoms with Crippen LogP contribution >= 0.6 is 8.58 Å². The summed E-state index contributed by atoms with van der Waals surface area (Å²) in [6.07, 6.45) is 1.44. The molecule has 0 radical (unpaired) electrons. The van der Waals surface area contributed by atoms with Crippen molar-refractivity contribution in [2.45, 2.75) is 38.4 Å². The third kappa shape index (κ3) is 7.08. The van der Waals surface area contributed by atoms with Gasteiger partial charge in [-0.25, -0.2) is 0 Å². The fourth-order valence-electron chi connectivity index (χ4n) is 1.22. The minimum absolute atomic E-state index is 0.399. The number of rotatable bonds is 8. The molecule has 0 aliphatic heterocycles. The highest BCUT2D eigenvalue weighted by molar-refractivity contribution is 7.36. The maximum absolute atomic E-state index is 11.7. The van der Waals surface area contributed by atoms with E-state index in [1.807, 2.05) is 6.66 Å². The fraction of sp³-hybridized carbons (Fsp3) is 0.727. The molecule has 0 aromatic heterocycles. The van der Waals surface area contributed by atoms with Crippen LogP contribution in [-0.4, -0.2) is 53.8 Å². The van der Waals surface area contributed by atoms with Crippen LogP contribution in [0.2, 0.25) is 0 Å². The molecular weight excluding hydrogens is 269 g/mol. The summed E-state index contributed by atoms with van der Waals surface area (Å²) in [5.41, 5.74) is 5.67. The van der Waals surface area contributed by atoms with E-state index < -0.39 is 35.9 Å². The van der Waals surface area contributed by atoms with Crippen LogP contribution in [0, 0.1) is 0 Å². The van der Waals surface area contributed by atoms with Crippen molar-refractivity contribution < 1.29 is 19.5 Å². The van der Waals surface area contributed by atoms with Crippen LogP contribution in [-0.2, 0) is 14.4 Å². The maximum atomic E-state index is 11.7. The first-order chi connectivity index (χ1) is 8.79. The average molecular weight is 291 g/mol. The van der Waals surface area contributed by atoms with Gasteiger partial charge in [0.15, 0.2) is 0 Å². The Hall–Kier alpha value is -1.20. The minimum atomic E-state index is -1.13. The number of carbonyl (C=O) groups is 3. The molecular formula is C11H22N3O4P. The van der Waals surface area contributed by atoms with Gasteiger partial charge in [-0.2, -0.15) is 0 Å². The van der Waals surface area contributed by atoms with Gasteiger partial charge in [0.1, 0.15) is 12.1 Å². The maximum Gasteiger partial charge on any atom is 0.325 e. The number of carboxylic acid groups (broad SMARTS) is 1. The normalized spacial score (nSPS) is 15.8. The Morgan fingerprint density at radius 1 is 1.16 bits per heavy atom. The van der Waals surface area contributed by atoms with Gasteiger partial charge in [0.2, 0.25) is 11.8 Å². The van der Waals surface area contributed by atoms with Crippen LogP contribution in [0.5, 0.6) is 0 Å². The van der Waals surface area contributed by atoms with Gasteiger partial charge in [-0.1, -0.05) is 0 Å². The van der Waals surface area contributed by atoms with Gasteiger partial charge in [0.05, 0.1) is 6.04 Å². The lowest BCUT2D eigenvalue weighted by molar-refractivity contribution is -0.141. The molecule has 0 aromatic carbocycles. The molecule has 110 valence electrons. The molecule has 0 spiro atoms. The largest absolute Gasteiger partial charge is 0.480 e. The molecule has 2 amide bonds. The molecule has 0 saturated heterocycles. The lowest BCUT2D eigenvalue weighted by atomic mass is 10.2. The van der Waals surface area contributed by atoms with Crippen molar-refractivity contribution in [2.24, 2.45) is 5.73 Å². The van der Waals surface area contributed by atoms with Crippen molar-refractivity contribution in [2.75, 3.05) is 12.8 Å². The summed E-state index contributed by atoms with van der Waals surface area (Å²) in [5, 5.41) is 13.4. The third-order valence-electron chi connectivity index (χ3n) is 2.52. The lowest BCUT2D eigenvalue weighted by Crippen LogP contribution is -2.52. The van der Waals surface area contributed by atoms with E-state index in [1.54, 1.807) is 0 Å². The monoisotopic (exact) mass is 291 g/mol. The molecule has 0 aliphatic carbocycles. The standard InChI is InChI=1S/C11H22N3O4P/c1-6(9(15)14-7(2)11(17)18)13-10(16)8(12)4-5-19-3/h6-8,19H,4-5,12H2,1-3H3,(H,13,16)(H,14,15)(H,17,18). The Morgan fingerprint density at radius 2 is 1.68 bits per heavy atom. The average Bonchev–Trinajstić information content (AvgIpc) is 2.35. The summed E-state index contributed by atoms with van der Waals surface area (Å²) in [6, 6.07) is -2.45.